The maximum absolute atomic E-state index is 11.9. The van der Waals surface area contributed by atoms with Crippen LogP contribution in [0.15, 0.2) is 63.9 Å². The molecule has 21 heavy (non-hydrogen) atoms. The molecule has 0 amide bonds. The van der Waals surface area contributed by atoms with Crippen LogP contribution in [0.3, 0.4) is 0 Å². The Hall–Kier alpha value is -1.74. The molecule has 1 atom stereocenters. The Balaban J connectivity index is 1.68. The normalized spacial score (nSPS) is 12.6. The third kappa shape index (κ3) is 5.64. The van der Waals surface area contributed by atoms with Crippen LogP contribution in [0.5, 0.6) is 0 Å². The molecule has 2 rings (SSSR count). The molecule has 0 radical (unpaired) electrons. The van der Waals surface area contributed by atoms with Gasteiger partial charge in [0.15, 0.2) is 11.0 Å². The molecule has 0 aliphatic heterocycles. The van der Waals surface area contributed by atoms with Crippen LogP contribution in [0.2, 0.25) is 0 Å². The minimum atomic E-state index is -1.26. The molecule has 0 spiro atoms. The fourth-order valence-electron chi connectivity index (χ4n) is 2.05. The highest BCUT2D eigenvalue weighted by Gasteiger charge is 1.99. The minimum absolute atomic E-state index is 0.765. The zero-order valence-electron chi connectivity index (χ0n) is 12.4. The van der Waals surface area contributed by atoms with Crippen molar-refractivity contribution in [3.8, 4) is 0 Å². The number of rotatable bonds is 7. The van der Waals surface area contributed by atoms with E-state index in [4.69, 9.17) is 0 Å². The molecule has 0 bridgehead atoms. The van der Waals surface area contributed by atoms with Crippen LogP contribution < -0.4 is 0 Å². The van der Waals surface area contributed by atoms with Gasteiger partial charge in [-0.05, 0) is 50.3 Å². The van der Waals surface area contributed by atoms with E-state index in [-0.39, 0.29) is 0 Å². The molecule has 3 heteroatoms. The van der Waals surface area contributed by atoms with E-state index in [0.717, 1.165) is 30.6 Å². The highest BCUT2D eigenvalue weighted by atomic mass is 32.2. The fraction of sp³-hybridized carbons (Fsp3) is 0.278. The molecule has 2 aromatic rings. The molecule has 0 aliphatic carbocycles. The van der Waals surface area contributed by atoms with Crippen molar-refractivity contribution in [3.63, 3.8) is 0 Å². The van der Waals surface area contributed by atoms with Crippen LogP contribution in [-0.4, -0.2) is 10.4 Å². The summed E-state index contributed by atoms with van der Waals surface area (Å²) in [6.07, 6.45) is 5.97. The Morgan fingerprint density at radius 1 is 1.00 bits per heavy atom. The summed E-state index contributed by atoms with van der Waals surface area (Å²) in [4.78, 5) is 0.765. The first kappa shape index (κ1) is 15.6. The Bertz CT molecular complexity index is 590. The molecule has 0 aliphatic rings. The first-order valence-electron chi connectivity index (χ1n) is 7.31. The fourth-order valence-corrected chi connectivity index (χ4v) is 2.78. The number of unbranched alkanes of at least 4 members (excludes halogenated alkanes) is 2. The van der Waals surface area contributed by atoms with E-state index in [0.29, 0.717) is 0 Å². The van der Waals surface area contributed by atoms with E-state index in [1.807, 2.05) is 37.3 Å². The topological polar surface area (TPSA) is 29.4 Å². The average molecular weight is 299 g/mol. The van der Waals surface area contributed by atoms with Gasteiger partial charge in [-0.25, -0.2) is 4.21 Å². The van der Waals surface area contributed by atoms with Crippen molar-refractivity contribution < 1.29 is 4.21 Å². The van der Waals surface area contributed by atoms with Crippen molar-refractivity contribution >= 4 is 17.2 Å². The predicted octanol–water partition coefficient (Wildman–Crippen LogP) is 4.50. The second kappa shape index (κ2) is 8.53. The molecule has 0 saturated carbocycles. The van der Waals surface area contributed by atoms with Gasteiger partial charge in [-0.1, -0.05) is 48.0 Å². The molecule has 2 aromatic carbocycles. The Morgan fingerprint density at radius 3 is 2.43 bits per heavy atom. The number of hydrogen-bond acceptors (Lipinski definition) is 1. The van der Waals surface area contributed by atoms with E-state index in [1.165, 1.54) is 11.1 Å². The zero-order chi connectivity index (χ0) is 14.9. The highest BCUT2D eigenvalue weighted by molar-refractivity contribution is 7.83. The largest absolute Gasteiger partial charge is 0.230 e. The summed E-state index contributed by atoms with van der Waals surface area (Å²) in [6, 6.07) is 18.2. The lowest BCUT2D eigenvalue weighted by molar-refractivity contribution is 0.684. The number of hydrogen-bond donors (Lipinski definition) is 0. The number of benzene rings is 2. The van der Waals surface area contributed by atoms with Gasteiger partial charge in [0.05, 0.1) is 4.90 Å². The molecule has 2 nitrogen and oxygen atoms in total. The van der Waals surface area contributed by atoms with E-state index < -0.39 is 11.0 Å². The van der Waals surface area contributed by atoms with Gasteiger partial charge in [-0.3, -0.25) is 0 Å². The van der Waals surface area contributed by atoms with E-state index >= 15 is 0 Å². The first-order chi connectivity index (χ1) is 10.3. The van der Waals surface area contributed by atoms with E-state index in [9.17, 15) is 4.21 Å². The van der Waals surface area contributed by atoms with E-state index in [2.05, 4.69) is 28.7 Å². The van der Waals surface area contributed by atoms with E-state index in [1.54, 1.807) is 6.21 Å². The molecular weight excluding hydrogens is 278 g/mol. The molecule has 110 valence electrons. The summed E-state index contributed by atoms with van der Waals surface area (Å²) in [5.74, 6) is 0. The van der Waals surface area contributed by atoms with Crippen molar-refractivity contribution in [1.82, 2.24) is 0 Å². The second-order valence-corrected chi connectivity index (χ2v) is 6.26. The van der Waals surface area contributed by atoms with Crippen LogP contribution in [0, 0.1) is 6.92 Å². The summed E-state index contributed by atoms with van der Waals surface area (Å²) in [5.41, 5.74) is 2.54. The van der Waals surface area contributed by atoms with Crippen molar-refractivity contribution in [3.05, 3.63) is 65.7 Å². The van der Waals surface area contributed by atoms with Crippen molar-refractivity contribution in [2.24, 2.45) is 4.40 Å². The SMILES string of the molecule is Cc1ccc(S(=O)/N=C/CCCCc2ccccc2)cc1. The van der Waals surface area contributed by atoms with Gasteiger partial charge < -0.3 is 0 Å². The molecule has 1 unspecified atom stereocenters. The predicted molar refractivity (Wildman–Crippen MR) is 90.1 cm³/mol. The van der Waals surface area contributed by atoms with Crippen LogP contribution in [0.1, 0.15) is 30.4 Å². The lowest BCUT2D eigenvalue weighted by Crippen LogP contribution is -1.89. The van der Waals surface area contributed by atoms with Crippen molar-refractivity contribution in [1.29, 1.82) is 0 Å². The molecular formula is C18H21NOS. The monoisotopic (exact) mass is 299 g/mol. The third-order valence-electron chi connectivity index (χ3n) is 3.28. The lowest BCUT2D eigenvalue weighted by Gasteiger charge is -1.99. The maximum Gasteiger partial charge on any atom is 0.172 e. The van der Waals surface area contributed by atoms with Crippen molar-refractivity contribution in [2.45, 2.75) is 37.5 Å². The molecule has 0 aromatic heterocycles. The molecule has 0 saturated heterocycles. The Kier molecular flexibility index (Phi) is 6.35. The van der Waals surface area contributed by atoms with Gasteiger partial charge in [0.2, 0.25) is 0 Å². The van der Waals surface area contributed by atoms with Crippen LogP contribution >= 0.6 is 0 Å². The average Bonchev–Trinajstić information content (AvgIpc) is 2.52. The zero-order valence-corrected chi connectivity index (χ0v) is 13.2. The van der Waals surface area contributed by atoms with Gasteiger partial charge >= 0.3 is 0 Å². The Morgan fingerprint density at radius 2 is 1.71 bits per heavy atom. The molecule has 0 fully saturated rings. The van der Waals surface area contributed by atoms with Crippen LogP contribution in [-0.2, 0) is 17.4 Å². The van der Waals surface area contributed by atoms with Crippen LogP contribution in [0.4, 0.5) is 0 Å². The lowest BCUT2D eigenvalue weighted by atomic mass is 10.1. The maximum atomic E-state index is 11.9. The first-order valence-corrected chi connectivity index (χ1v) is 8.41. The third-order valence-corrected chi connectivity index (χ3v) is 4.30. The second-order valence-electron chi connectivity index (χ2n) is 5.08. The van der Waals surface area contributed by atoms with Crippen molar-refractivity contribution in [2.75, 3.05) is 0 Å². The Labute approximate surface area is 129 Å². The van der Waals surface area contributed by atoms with Gasteiger partial charge in [0.1, 0.15) is 0 Å². The smallest absolute Gasteiger partial charge is 0.172 e. The summed E-state index contributed by atoms with van der Waals surface area (Å²) in [5, 5.41) is 0. The summed E-state index contributed by atoms with van der Waals surface area (Å²) < 4.78 is 16.0. The molecule has 0 heterocycles. The van der Waals surface area contributed by atoms with Gasteiger partial charge in [-0.15, -0.1) is 0 Å². The summed E-state index contributed by atoms with van der Waals surface area (Å²) in [7, 11) is -1.26. The highest BCUT2D eigenvalue weighted by Crippen LogP contribution is 2.09. The van der Waals surface area contributed by atoms with Crippen LogP contribution in [0.25, 0.3) is 0 Å². The quantitative estimate of drug-likeness (QED) is 0.546. The van der Waals surface area contributed by atoms with Gasteiger partial charge in [-0.2, -0.15) is 4.40 Å². The van der Waals surface area contributed by atoms with Gasteiger partial charge in [0.25, 0.3) is 0 Å². The molecule has 0 N–H and O–H groups in total. The number of nitrogens with zero attached hydrogens (tertiary/aromatic N) is 1. The summed E-state index contributed by atoms with van der Waals surface area (Å²) >= 11 is 0. The van der Waals surface area contributed by atoms with Gasteiger partial charge in [0, 0.05) is 6.21 Å². The minimum Gasteiger partial charge on any atom is -0.230 e. The number of aryl methyl sites for hydroxylation is 2. The summed E-state index contributed by atoms with van der Waals surface area (Å²) in [6.45, 7) is 2.02. The standard InChI is InChI=1S/C18H21NOS/c1-16-11-13-18(14-12-16)21(20)19-15-7-3-6-10-17-8-4-2-5-9-17/h2,4-5,8-9,11-15H,3,6-7,10H2,1H3/b19-15+.